The van der Waals surface area contributed by atoms with Crippen LogP contribution in [0.3, 0.4) is 0 Å². The van der Waals surface area contributed by atoms with E-state index in [0.717, 1.165) is 11.1 Å². The summed E-state index contributed by atoms with van der Waals surface area (Å²) in [7, 11) is 1.75. The number of carboxylic acids is 1. The van der Waals surface area contributed by atoms with Crippen molar-refractivity contribution in [2.75, 3.05) is 0 Å². The largest absolute Gasteiger partial charge is 0.508 e. The Morgan fingerprint density at radius 3 is 2.50 bits per heavy atom. The van der Waals surface area contributed by atoms with Gasteiger partial charge in [0.15, 0.2) is 0 Å². The van der Waals surface area contributed by atoms with Crippen molar-refractivity contribution in [3.8, 4) is 5.75 Å². The van der Waals surface area contributed by atoms with Crippen LogP contribution in [0.5, 0.6) is 5.75 Å². The second-order valence-electron chi connectivity index (χ2n) is 7.88. The Kier molecular flexibility index (Phi) is 7.16. The maximum atomic E-state index is 12.9. The minimum Gasteiger partial charge on any atom is -0.508 e. The number of carboxylic acid groups (broad SMARTS) is 1. The number of rotatable bonds is 7. The lowest BCUT2D eigenvalue weighted by Crippen LogP contribution is -2.28. The first-order valence-electron chi connectivity index (χ1n) is 10.8. The summed E-state index contributed by atoms with van der Waals surface area (Å²) in [6.45, 7) is 0.210. The maximum absolute atomic E-state index is 12.9. The lowest BCUT2D eigenvalue weighted by Gasteiger charge is -2.10. The van der Waals surface area contributed by atoms with E-state index in [1.807, 2.05) is 24.3 Å². The van der Waals surface area contributed by atoms with Crippen molar-refractivity contribution >= 4 is 50.8 Å². The molecule has 1 aromatic heterocycles. The van der Waals surface area contributed by atoms with E-state index in [1.54, 1.807) is 29.8 Å². The number of phenolic OH excluding ortho intramolecular Hbond substituents is 1. The van der Waals surface area contributed by atoms with Gasteiger partial charge in [-0.15, -0.1) is 0 Å². The molecule has 3 aromatic carbocycles. The quantitative estimate of drug-likeness (QED) is 0.259. The Balaban J connectivity index is 1.49. The second-order valence-corrected chi connectivity index (χ2v) is 8.74. The molecule has 2 amide bonds. The monoisotopic (exact) mass is 548 g/mol. The predicted octanol–water partition coefficient (Wildman–Crippen LogP) is 3.83. The van der Waals surface area contributed by atoms with E-state index in [4.69, 9.17) is 0 Å². The first-order valence-corrected chi connectivity index (χ1v) is 11.6. The van der Waals surface area contributed by atoms with Crippen LogP contribution in [0.25, 0.3) is 17.1 Å². The van der Waals surface area contributed by atoms with Gasteiger partial charge in [0.1, 0.15) is 17.3 Å². The summed E-state index contributed by atoms with van der Waals surface area (Å²) in [4.78, 5) is 41.6. The van der Waals surface area contributed by atoms with Crippen LogP contribution in [0, 0.1) is 0 Å². The van der Waals surface area contributed by atoms with Crippen LogP contribution in [0.4, 0.5) is 0 Å². The topological polar surface area (TPSA) is 134 Å². The number of hydrogen-bond acceptors (Lipinski definition) is 5. The number of hydrogen-bond donors (Lipinski definition) is 4. The molecule has 0 spiro atoms. The van der Waals surface area contributed by atoms with Crippen molar-refractivity contribution in [3.05, 3.63) is 99.4 Å². The lowest BCUT2D eigenvalue weighted by molar-refractivity contribution is -0.132. The highest BCUT2D eigenvalue weighted by molar-refractivity contribution is 9.10. The van der Waals surface area contributed by atoms with Crippen LogP contribution in [0.1, 0.15) is 32.1 Å². The molecular formula is C26H21BrN4O5. The number of imidazole rings is 1. The summed E-state index contributed by atoms with van der Waals surface area (Å²) in [6.07, 6.45) is 1.29. The van der Waals surface area contributed by atoms with Gasteiger partial charge < -0.3 is 25.4 Å². The Morgan fingerprint density at radius 1 is 1.03 bits per heavy atom. The standard InChI is InChI=1S/C26H21BrN4O5/c1-31-22-8-3-2-7-20(22)29-23(31)13-21(26(35)36)30-25(34)18-10-9-16(12-19(18)27)24(33)28-14-15-5-4-6-17(32)11-15/h2-13,32H,14H2,1H3,(H,28,33)(H,30,34)(H,35,36)/b21-13-. The van der Waals surface area contributed by atoms with Gasteiger partial charge in [-0.25, -0.2) is 9.78 Å². The molecule has 0 unspecified atom stereocenters. The van der Waals surface area contributed by atoms with Gasteiger partial charge in [0.05, 0.1) is 16.6 Å². The van der Waals surface area contributed by atoms with Crippen LogP contribution in [-0.2, 0) is 18.4 Å². The number of nitrogens with one attached hydrogen (secondary N) is 2. The Hall–Kier alpha value is -4.44. The lowest BCUT2D eigenvalue weighted by atomic mass is 10.1. The van der Waals surface area contributed by atoms with Crippen LogP contribution in [-0.4, -0.2) is 37.5 Å². The number of nitrogens with zero attached hydrogens (tertiary/aromatic N) is 2. The van der Waals surface area contributed by atoms with Crippen molar-refractivity contribution in [2.24, 2.45) is 7.05 Å². The van der Waals surface area contributed by atoms with Crippen LogP contribution in [0.15, 0.2) is 76.9 Å². The van der Waals surface area contributed by atoms with Gasteiger partial charge in [-0.1, -0.05) is 24.3 Å². The van der Waals surface area contributed by atoms with Crippen LogP contribution >= 0.6 is 15.9 Å². The zero-order chi connectivity index (χ0) is 25.8. The number of amides is 2. The molecule has 4 aromatic rings. The fourth-order valence-electron chi connectivity index (χ4n) is 3.55. The number of carbonyl (C=O) groups is 3. The summed E-state index contributed by atoms with van der Waals surface area (Å²) in [6, 6.07) is 18.2. The molecule has 9 nitrogen and oxygen atoms in total. The fourth-order valence-corrected chi connectivity index (χ4v) is 4.11. The van der Waals surface area contributed by atoms with Crippen molar-refractivity contribution < 1.29 is 24.6 Å². The molecule has 0 saturated carbocycles. The normalized spacial score (nSPS) is 11.3. The van der Waals surface area contributed by atoms with Crippen molar-refractivity contribution in [1.82, 2.24) is 20.2 Å². The summed E-state index contributed by atoms with van der Waals surface area (Å²) < 4.78 is 2.04. The van der Waals surface area contributed by atoms with Gasteiger partial charge in [-0.3, -0.25) is 9.59 Å². The number of benzene rings is 3. The third-order valence-electron chi connectivity index (χ3n) is 5.41. The first-order chi connectivity index (χ1) is 17.2. The summed E-state index contributed by atoms with van der Waals surface area (Å²) in [5.41, 5.74) is 2.35. The third kappa shape index (κ3) is 5.44. The van der Waals surface area contributed by atoms with Gasteiger partial charge in [0.25, 0.3) is 11.8 Å². The molecule has 0 bridgehead atoms. The molecule has 36 heavy (non-hydrogen) atoms. The summed E-state index contributed by atoms with van der Waals surface area (Å²) in [5.74, 6) is -1.90. The van der Waals surface area contributed by atoms with E-state index in [1.165, 1.54) is 30.3 Å². The third-order valence-corrected chi connectivity index (χ3v) is 6.07. The number of phenols is 1. The molecular weight excluding hydrogens is 528 g/mol. The predicted molar refractivity (Wildman–Crippen MR) is 137 cm³/mol. The number of aromatic hydroxyl groups is 1. The highest BCUT2D eigenvalue weighted by Gasteiger charge is 2.18. The van der Waals surface area contributed by atoms with E-state index < -0.39 is 11.9 Å². The van der Waals surface area contributed by atoms with E-state index >= 15 is 0 Å². The Labute approximate surface area is 214 Å². The molecule has 4 rings (SSSR count). The molecule has 0 fully saturated rings. The van der Waals surface area contributed by atoms with E-state index in [-0.39, 0.29) is 29.5 Å². The van der Waals surface area contributed by atoms with Gasteiger partial charge in [0.2, 0.25) is 0 Å². The zero-order valence-corrected chi connectivity index (χ0v) is 20.6. The molecule has 0 radical (unpaired) electrons. The molecule has 0 saturated heterocycles. The molecule has 1 heterocycles. The number of halogens is 1. The van der Waals surface area contributed by atoms with Crippen molar-refractivity contribution in [2.45, 2.75) is 6.54 Å². The highest BCUT2D eigenvalue weighted by atomic mass is 79.9. The summed E-state index contributed by atoms with van der Waals surface area (Å²) in [5, 5.41) is 24.3. The van der Waals surface area contributed by atoms with E-state index in [9.17, 15) is 24.6 Å². The van der Waals surface area contributed by atoms with E-state index in [0.29, 0.717) is 21.4 Å². The van der Waals surface area contributed by atoms with Gasteiger partial charge in [-0.2, -0.15) is 0 Å². The van der Waals surface area contributed by atoms with Crippen LogP contribution in [0.2, 0.25) is 0 Å². The molecule has 182 valence electrons. The van der Waals surface area contributed by atoms with Gasteiger partial charge >= 0.3 is 5.97 Å². The highest BCUT2D eigenvalue weighted by Crippen LogP contribution is 2.20. The molecule has 0 aliphatic rings. The molecule has 0 aliphatic heterocycles. The smallest absolute Gasteiger partial charge is 0.352 e. The number of carbonyl (C=O) groups excluding carboxylic acids is 2. The number of aryl methyl sites for hydroxylation is 1. The number of para-hydroxylation sites is 2. The molecule has 0 aliphatic carbocycles. The first kappa shape index (κ1) is 24.7. The fraction of sp³-hybridized carbons (Fsp3) is 0.0769. The number of aliphatic carboxylic acids is 1. The van der Waals surface area contributed by atoms with Gasteiger partial charge in [0, 0.05) is 29.7 Å². The minimum atomic E-state index is -1.32. The van der Waals surface area contributed by atoms with E-state index in [2.05, 4.69) is 31.5 Å². The second kappa shape index (κ2) is 10.4. The SMILES string of the molecule is Cn1c(/C=C(\NC(=O)c2ccc(C(=O)NCc3cccc(O)c3)cc2Br)C(=O)O)nc2ccccc21. The average molecular weight is 549 g/mol. The number of aromatic nitrogens is 2. The minimum absolute atomic E-state index is 0.103. The van der Waals surface area contributed by atoms with Crippen LogP contribution < -0.4 is 10.6 Å². The average Bonchev–Trinajstić information content (AvgIpc) is 3.17. The van der Waals surface area contributed by atoms with Gasteiger partial charge in [-0.05, 0) is 64.0 Å². The number of fused-ring (bicyclic) bond motifs is 1. The Bertz CT molecular complexity index is 1530. The Morgan fingerprint density at radius 2 is 1.81 bits per heavy atom. The molecule has 0 atom stereocenters. The zero-order valence-electron chi connectivity index (χ0n) is 19.0. The maximum Gasteiger partial charge on any atom is 0.352 e. The molecule has 10 heteroatoms. The summed E-state index contributed by atoms with van der Waals surface area (Å²) >= 11 is 3.29. The molecule has 4 N–H and O–H groups in total. The van der Waals surface area contributed by atoms with Crippen molar-refractivity contribution in [3.63, 3.8) is 0 Å². The van der Waals surface area contributed by atoms with Crippen molar-refractivity contribution in [1.29, 1.82) is 0 Å².